The summed E-state index contributed by atoms with van der Waals surface area (Å²) in [6, 6.07) is 11.4. The molecule has 5 nitrogen and oxygen atoms in total. The molecule has 128 valence electrons. The molecule has 0 saturated carbocycles. The van der Waals surface area contributed by atoms with E-state index in [-0.39, 0.29) is 11.5 Å². The van der Waals surface area contributed by atoms with Crippen molar-refractivity contribution in [3.63, 3.8) is 0 Å². The Kier molecular flexibility index (Phi) is 3.92. The average Bonchev–Trinajstić information content (AvgIpc) is 2.84. The lowest BCUT2D eigenvalue weighted by molar-refractivity contribution is 0.0730. The third-order valence-electron chi connectivity index (χ3n) is 4.95. The van der Waals surface area contributed by atoms with Crippen LogP contribution in [0.5, 0.6) is 5.75 Å². The molecule has 2 aliphatic heterocycles. The summed E-state index contributed by atoms with van der Waals surface area (Å²) < 4.78 is 6.34. The van der Waals surface area contributed by atoms with Gasteiger partial charge >= 0.3 is 0 Å². The second kappa shape index (κ2) is 6.24. The minimum absolute atomic E-state index is 0.00587. The lowest BCUT2D eigenvalue weighted by Gasteiger charge is -2.34. The minimum atomic E-state index is -0.319. The van der Waals surface area contributed by atoms with Crippen molar-refractivity contribution in [2.24, 2.45) is 0 Å². The number of anilines is 1. The van der Waals surface area contributed by atoms with Crippen LogP contribution < -0.4 is 10.5 Å². The number of nitrogens with two attached hydrogens (primary N) is 1. The number of ether oxygens (including phenoxy) is 1. The van der Waals surface area contributed by atoms with Gasteiger partial charge in [0.2, 0.25) is 0 Å². The molecule has 2 aromatic rings. The van der Waals surface area contributed by atoms with Gasteiger partial charge in [0, 0.05) is 36.8 Å². The molecule has 0 bridgehead atoms. The Morgan fingerprint density at radius 3 is 2.96 bits per heavy atom. The maximum atomic E-state index is 12.8. The van der Waals surface area contributed by atoms with E-state index in [1.807, 2.05) is 23.1 Å². The highest BCUT2D eigenvalue weighted by atomic mass is 16.5. The van der Waals surface area contributed by atoms with Crippen molar-refractivity contribution in [2.75, 3.05) is 18.8 Å². The number of aromatic nitrogens is 1. The second-order valence-electron chi connectivity index (χ2n) is 6.65. The fraction of sp³-hybridized carbons (Fsp3) is 0.300. The SMILES string of the molecule is Nc1cc(C(=O)N2CCC[C@]3(C=Cc4ccccc4O3)CC2)ccn1. The van der Waals surface area contributed by atoms with Crippen LogP contribution in [-0.4, -0.2) is 34.5 Å². The van der Waals surface area contributed by atoms with E-state index < -0.39 is 0 Å². The van der Waals surface area contributed by atoms with Gasteiger partial charge in [0.25, 0.3) is 5.91 Å². The summed E-state index contributed by atoms with van der Waals surface area (Å²) in [5.74, 6) is 1.30. The Hall–Kier alpha value is -2.82. The zero-order valence-corrected chi connectivity index (χ0v) is 14.0. The topological polar surface area (TPSA) is 68.5 Å². The van der Waals surface area contributed by atoms with Crippen molar-refractivity contribution < 1.29 is 9.53 Å². The number of likely N-dealkylation sites (tertiary alicyclic amines) is 1. The van der Waals surface area contributed by atoms with E-state index in [1.165, 1.54) is 0 Å². The number of nitrogen functional groups attached to an aromatic ring is 1. The number of hydrogen-bond donors (Lipinski definition) is 1. The Bertz CT molecular complexity index is 833. The molecule has 0 aliphatic carbocycles. The number of amides is 1. The Morgan fingerprint density at radius 1 is 1.20 bits per heavy atom. The quantitative estimate of drug-likeness (QED) is 0.869. The van der Waals surface area contributed by atoms with E-state index in [2.05, 4.69) is 23.2 Å². The van der Waals surface area contributed by atoms with Gasteiger partial charge in [0.05, 0.1) is 0 Å². The molecule has 3 heterocycles. The van der Waals surface area contributed by atoms with Crippen LogP contribution in [0.1, 0.15) is 35.2 Å². The molecule has 2 aliphatic rings. The molecule has 0 radical (unpaired) electrons. The number of hydrogen-bond acceptors (Lipinski definition) is 4. The van der Waals surface area contributed by atoms with Gasteiger partial charge in [0.1, 0.15) is 17.2 Å². The molecule has 2 N–H and O–H groups in total. The van der Waals surface area contributed by atoms with Crippen LogP contribution in [-0.2, 0) is 0 Å². The maximum Gasteiger partial charge on any atom is 0.254 e. The first-order chi connectivity index (χ1) is 12.2. The Balaban J connectivity index is 1.51. The molecular weight excluding hydrogens is 314 g/mol. The van der Waals surface area contributed by atoms with Crippen molar-refractivity contribution in [1.29, 1.82) is 0 Å². The van der Waals surface area contributed by atoms with E-state index in [0.717, 1.165) is 37.1 Å². The van der Waals surface area contributed by atoms with Crippen molar-refractivity contribution in [3.8, 4) is 5.75 Å². The summed E-state index contributed by atoms with van der Waals surface area (Å²) in [5.41, 5.74) is 7.08. The van der Waals surface area contributed by atoms with Crippen LogP contribution in [0.3, 0.4) is 0 Å². The summed E-state index contributed by atoms with van der Waals surface area (Å²) in [4.78, 5) is 18.6. The standard InChI is InChI=1S/C20H21N3O2/c21-18-14-16(7-11-22-18)19(24)23-12-3-8-20(10-13-23)9-6-15-4-1-2-5-17(15)25-20/h1-2,4-7,9,11,14H,3,8,10,12-13H2,(H2,21,22)/t20-/m0/s1. The number of nitrogens with zero attached hydrogens (tertiary/aromatic N) is 2. The summed E-state index contributed by atoms with van der Waals surface area (Å²) >= 11 is 0. The van der Waals surface area contributed by atoms with Crippen LogP contribution in [0.2, 0.25) is 0 Å². The first-order valence-corrected chi connectivity index (χ1v) is 8.63. The van der Waals surface area contributed by atoms with Crippen molar-refractivity contribution in [1.82, 2.24) is 9.88 Å². The first-order valence-electron chi connectivity index (χ1n) is 8.63. The smallest absolute Gasteiger partial charge is 0.254 e. The van der Waals surface area contributed by atoms with Gasteiger partial charge in [-0.15, -0.1) is 0 Å². The summed E-state index contributed by atoms with van der Waals surface area (Å²) in [6.45, 7) is 1.38. The maximum absolute atomic E-state index is 12.8. The highest BCUT2D eigenvalue weighted by molar-refractivity contribution is 5.94. The molecule has 25 heavy (non-hydrogen) atoms. The number of pyridine rings is 1. The first kappa shape index (κ1) is 15.7. The summed E-state index contributed by atoms with van der Waals surface area (Å²) in [7, 11) is 0. The van der Waals surface area contributed by atoms with Crippen LogP contribution in [0.4, 0.5) is 5.82 Å². The molecule has 1 aromatic carbocycles. The monoisotopic (exact) mass is 335 g/mol. The normalized spacial score (nSPS) is 22.2. The number of rotatable bonds is 1. The van der Waals surface area contributed by atoms with E-state index in [9.17, 15) is 4.79 Å². The fourth-order valence-electron chi connectivity index (χ4n) is 3.57. The molecule has 0 unspecified atom stereocenters. The molecule has 5 heteroatoms. The molecule has 1 spiro atoms. The van der Waals surface area contributed by atoms with Crippen LogP contribution in [0.25, 0.3) is 6.08 Å². The molecule has 4 rings (SSSR count). The van der Waals surface area contributed by atoms with Gasteiger partial charge in [-0.05, 0) is 37.1 Å². The van der Waals surface area contributed by atoms with E-state index in [1.54, 1.807) is 18.3 Å². The number of para-hydroxylation sites is 1. The average molecular weight is 335 g/mol. The fourth-order valence-corrected chi connectivity index (χ4v) is 3.57. The van der Waals surface area contributed by atoms with E-state index >= 15 is 0 Å². The Labute approximate surface area is 147 Å². The van der Waals surface area contributed by atoms with Gasteiger partial charge in [-0.25, -0.2) is 4.98 Å². The largest absolute Gasteiger partial charge is 0.483 e. The van der Waals surface area contributed by atoms with Gasteiger partial charge in [0.15, 0.2) is 0 Å². The van der Waals surface area contributed by atoms with E-state index in [4.69, 9.17) is 10.5 Å². The van der Waals surface area contributed by atoms with Gasteiger partial charge in [-0.3, -0.25) is 4.79 Å². The molecule has 1 fully saturated rings. The van der Waals surface area contributed by atoms with Crippen LogP contribution in [0, 0.1) is 0 Å². The lowest BCUT2D eigenvalue weighted by Crippen LogP contribution is -2.38. The van der Waals surface area contributed by atoms with Crippen molar-refractivity contribution in [3.05, 3.63) is 59.8 Å². The summed E-state index contributed by atoms with van der Waals surface area (Å²) in [6.07, 6.45) is 8.46. The zero-order valence-electron chi connectivity index (χ0n) is 14.0. The van der Waals surface area contributed by atoms with Crippen molar-refractivity contribution >= 4 is 17.8 Å². The van der Waals surface area contributed by atoms with Gasteiger partial charge in [-0.2, -0.15) is 0 Å². The highest BCUT2D eigenvalue weighted by Gasteiger charge is 2.35. The predicted octanol–water partition coefficient (Wildman–Crippen LogP) is 3.13. The molecular formula is C20H21N3O2. The predicted molar refractivity (Wildman–Crippen MR) is 97.2 cm³/mol. The third-order valence-corrected chi connectivity index (χ3v) is 4.95. The molecule has 1 saturated heterocycles. The van der Waals surface area contributed by atoms with E-state index in [0.29, 0.717) is 17.9 Å². The lowest BCUT2D eigenvalue weighted by atomic mass is 9.91. The molecule has 1 aromatic heterocycles. The highest BCUT2D eigenvalue weighted by Crippen LogP contribution is 2.37. The number of carbonyl (C=O) groups is 1. The molecule has 1 atom stereocenters. The van der Waals surface area contributed by atoms with Gasteiger partial charge in [-0.1, -0.05) is 24.3 Å². The second-order valence-corrected chi connectivity index (χ2v) is 6.65. The van der Waals surface area contributed by atoms with Crippen LogP contribution in [0.15, 0.2) is 48.7 Å². The van der Waals surface area contributed by atoms with Crippen LogP contribution >= 0.6 is 0 Å². The zero-order chi connectivity index (χ0) is 17.3. The number of carbonyl (C=O) groups excluding carboxylic acids is 1. The minimum Gasteiger partial charge on any atom is -0.483 e. The Morgan fingerprint density at radius 2 is 2.08 bits per heavy atom. The van der Waals surface area contributed by atoms with Gasteiger partial charge < -0.3 is 15.4 Å². The number of fused-ring (bicyclic) bond motifs is 1. The number of benzene rings is 1. The van der Waals surface area contributed by atoms with Crippen molar-refractivity contribution in [2.45, 2.75) is 24.9 Å². The third kappa shape index (κ3) is 3.09. The summed E-state index contributed by atoms with van der Waals surface area (Å²) in [5, 5.41) is 0. The molecule has 1 amide bonds.